The van der Waals surface area contributed by atoms with Crippen LogP contribution in [0.2, 0.25) is 0 Å². The lowest BCUT2D eigenvalue weighted by atomic mass is 10.1. The fraction of sp³-hybridized carbons (Fsp3) is 0.464. The van der Waals surface area contributed by atoms with Crippen LogP contribution >= 0.6 is 0 Å². The summed E-state index contributed by atoms with van der Waals surface area (Å²) in [5.41, 5.74) is 3.12. The van der Waals surface area contributed by atoms with E-state index >= 15 is 0 Å². The standard InChI is InChI=1S/C28H33N3O4/c1-2-30-19-25(28(33)31-11-5-7-13-34-14-8-6-12-31)26(32)24-17-23(18-29-27(24)30)35-22-15-20-9-3-4-10-21(20)16-22/h3-4,9-10,17-19,22H,2,5-8,11-16H2,1H3. The number of aromatic nitrogens is 2. The number of hydrogen-bond donors (Lipinski definition) is 0. The van der Waals surface area contributed by atoms with Gasteiger partial charge in [-0.2, -0.15) is 0 Å². The third kappa shape index (κ3) is 5.10. The number of aryl methyl sites for hydroxylation is 1. The third-order valence-corrected chi connectivity index (χ3v) is 7.00. The van der Waals surface area contributed by atoms with E-state index in [0.29, 0.717) is 36.4 Å². The number of ether oxygens (including phenoxy) is 2. The van der Waals surface area contributed by atoms with Crippen molar-refractivity contribution in [3.05, 3.63) is 69.6 Å². The van der Waals surface area contributed by atoms with Gasteiger partial charge in [0.25, 0.3) is 5.91 Å². The molecule has 1 fully saturated rings. The van der Waals surface area contributed by atoms with Crippen LogP contribution in [-0.4, -0.2) is 52.8 Å². The van der Waals surface area contributed by atoms with Crippen molar-refractivity contribution in [3.63, 3.8) is 0 Å². The fourth-order valence-corrected chi connectivity index (χ4v) is 5.11. The molecule has 0 radical (unpaired) electrons. The van der Waals surface area contributed by atoms with Crippen LogP contribution in [0.1, 0.15) is 54.1 Å². The van der Waals surface area contributed by atoms with Gasteiger partial charge in [0.05, 0.1) is 11.6 Å². The molecular weight excluding hydrogens is 442 g/mol. The molecule has 0 atom stereocenters. The Labute approximate surface area is 205 Å². The first kappa shape index (κ1) is 23.5. The second-order valence-corrected chi connectivity index (χ2v) is 9.44. The summed E-state index contributed by atoms with van der Waals surface area (Å²) in [7, 11) is 0. The van der Waals surface area contributed by atoms with Gasteiger partial charge in [-0.05, 0) is 49.8 Å². The maximum absolute atomic E-state index is 13.5. The number of carbonyl (C=O) groups excluding carboxylic acids is 1. The average Bonchev–Trinajstić information content (AvgIpc) is 3.29. The lowest BCUT2D eigenvalue weighted by Crippen LogP contribution is -2.37. The predicted octanol–water partition coefficient (Wildman–Crippen LogP) is 4.00. The summed E-state index contributed by atoms with van der Waals surface area (Å²) in [4.78, 5) is 33.5. The molecule has 5 rings (SSSR count). The zero-order valence-electron chi connectivity index (χ0n) is 20.4. The Morgan fingerprint density at radius 1 is 1.09 bits per heavy atom. The Kier molecular flexibility index (Phi) is 7.13. The molecule has 1 aliphatic carbocycles. The molecule has 0 bridgehead atoms. The number of rotatable bonds is 4. The molecule has 0 N–H and O–H groups in total. The van der Waals surface area contributed by atoms with Crippen LogP contribution < -0.4 is 10.2 Å². The van der Waals surface area contributed by atoms with Crippen LogP contribution in [0.5, 0.6) is 5.75 Å². The molecule has 1 saturated heterocycles. The van der Waals surface area contributed by atoms with Crippen LogP contribution in [0.15, 0.2) is 47.5 Å². The number of fused-ring (bicyclic) bond motifs is 2. The number of benzene rings is 1. The molecule has 184 valence electrons. The van der Waals surface area contributed by atoms with Crippen LogP contribution in [0.25, 0.3) is 11.0 Å². The minimum atomic E-state index is -0.275. The highest BCUT2D eigenvalue weighted by Crippen LogP contribution is 2.26. The number of carbonyl (C=O) groups is 1. The van der Waals surface area contributed by atoms with Crippen molar-refractivity contribution < 1.29 is 14.3 Å². The van der Waals surface area contributed by atoms with Gasteiger partial charge in [-0.3, -0.25) is 9.59 Å². The third-order valence-electron chi connectivity index (χ3n) is 7.00. The van der Waals surface area contributed by atoms with E-state index < -0.39 is 0 Å². The van der Waals surface area contributed by atoms with E-state index in [4.69, 9.17) is 9.47 Å². The molecule has 1 amide bonds. The van der Waals surface area contributed by atoms with Crippen molar-refractivity contribution in [1.29, 1.82) is 0 Å². The van der Waals surface area contributed by atoms with Crippen LogP contribution in [0.4, 0.5) is 0 Å². The molecule has 2 aliphatic rings. The van der Waals surface area contributed by atoms with E-state index in [2.05, 4.69) is 17.1 Å². The van der Waals surface area contributed by atoms with Crippen LogP contribution in [-0.2, 0) is 24.1 Å². The monoisotopic (exact) mass is 475 g/mol. The van der Waals surface area contributed by atoms with E-state index in [1.165, 1.54) is 11.1 Å². The molecule has 35 heavy (non-hydrogen) atoms. The second kappa shape index (κ2) is 10.6. The maximum atomic E-state index is 13.5. The van der Waals surface area contributed by atoms with Gasteiger partial charge in [-0.1, -0.05) is 24.3 Å². The highest BCUT2D eigenvalue weighted by Gasteiger charge is 2.24. The van der Waals surface area contributed by atoms with E-state index in [9.17, 15) is 9.59 Å². The minimum Gasteiger partial charge on any atom is -0.488 e. The number of amides is 1. The minimum absolute atomic E-state index is 0.0166. The first-order chi connectivity index (χ1) is 17.1. The van der Waals surface area contributed by atoms with E-state index in [-0.39, 0.29) is 23.0 Å². The lowest BCUT2D eigenvalue weighted by Gasteiger charge is -2.24. The lowest BCUT2D eigenvalue weighted by molar-refractivity contribution is 0.0702. The highest BCUT2D eigenvalue weighted by molar-refractivity contribution is 5.97. The van der Waals surface area contributed by atoms with E-state index in [0.717, 1.165) is 51.7 Å². The van der Waals surface area contributed by atoms with Gasteiger partial charge in [0.2, 0.25) is 5.43 Å². The predicted molar refractivity (Wildman–Crippen MR) is 135 cm³/mol. The summed E-state index contributed by atoms with van der Waals surface area (Å²) >= 11 is 0. The van der Waals surface area contributed by atoms with Crippen LogP contribution in [0, 0.1) is 0 Å². The van der Waals surface area contributed by atoms with E-state index in [1.807, 2.05) is 28.5 Å². The van der Waals surface area contributed by atoms with Crippen LogP contribution in [0.3, 0.4) is 0 Å². The number of hydrogen-bond acceptors (Lipinski definition) is 5. The normalized spacial score (nSPS) is 17.3. The van der Waals surface area contributed by atoms with Crippen molar-refractivity contribution in [3.8, 4) is 5.75 Å². The zero-order valence-corrected chi connectivity index (χ0v) is 20.4. The fourth-order valence-electron chi connectivity index (χ4n) is 5.11. The first-order valence-corrected chi connectivity index (χ1v) is 12.8. The molecule has 3 aromatic rings. The molecule has 7 heteroatoms. The van der Waals surface area contributed by atoms with Crippen molar-refractivity contribution in [2.24, 2.45) is 0 Å². The van der Waals surface area contributed by atoms with E-state index in [1.54, 1.807) is 18.5 Å². The molecule has 3 heterocycles. The molecule has 7 nitrogen and oxygen atoms in total. The Balaban J connectivity index is 1.43. The summed E-state index contributed by atoms with van der Waals surface area (Å²) in [5.74, 6) is 0.372. The Hall–Kier alpha value is -3.19. The second-order valence-electron chi connectivity index (χ2n) is 9.44. The molecular formula is C28H33N3O4. The molecule has 0 saturated carbocycles. The summed E-state index contributed by atoms with van der Waals surface area (Å²) < 4.78 is 13.7. The Bertz CT molecular complexity index is 1230. The summed E-state index contributed by atoms with van der Waals surface area (Å²) in [6.45, 7) is 5.32. The summed E-state index contributed by atoms with van der Waals surface area (Å²) in [5, 5.41) is 0.431. The first-order valence-electron chi connectivity index (χ1n) is 12.8. The quantitative estimate of drug-likeness (QED) is 0.570. The number of pyridine rings is 2. The van der Waals surface area contributed by atoms with Crippen molar-refractivity contribution in [2.45, 2.75) is 58.1 Å². The Morgan fingerprint density at radius 3 is 2.43 bits per heavy atom. The molecule has 0 spiro atoms. The summed E-state index contributed by atoms with van der Waals surface area (Å²) in [6, 6.07) is 10.1. The largest absolute Gasteiger partial charge is 0.488 e. The van der Waals surface area contributed by atoms with Crippen molar-refractivity contribution >= 4 is 16.9 Å². The highest BCUT2D eigenvalue weighted by atomic mass is 16.5. The van der Waals surface area contributed by atoms with Gasteiger partial charge in [0.15, 0.2) is 0 Å². The molecule has 1 aliphatic heterocycles. The SMILES string of the molecule is CCn1cc(C(=O)N2CCCCOCCCC2)c(=O)c2cc(OC3Cc4ccccc4C3)cnc21. The molecule has 2 aromatic heterocycles. The maximum Gasteiger partial charge on any atom is 0.259 e. The van der Waals surface area contributed by atoms with Gasteiger partial charge >= 0.3 is 0 Å². The molecule has 1 aromatic carbocycles. The van der Waals surface area contributed by atoms with Gasteiger partial charge in [-0.15, -0.1) is 0 Å². The topological polar surface area (TPSA) is 73.7 Å². The average molecular weight is 476 g/mol. The van der Waals surface area contributed by atoms with Gasteiger partial charge in [-0.25, -0.2) is 4.98 Å². The Morgan fingerprint density at radius 2 is 1.77 bits per heavy atom. The zero-order chi connectivity index (χ0) is 24.2. The molecule has 0 unspecified atom stereocenters. The van der Waals surface area contributed by atoms with Gasteiger partial charge in [0.1, 0.15) is 23.1 Å². The van der Waals surface area contributed by atoms with Crippen molar-refractivity contribution in [2.75, 3.05) is 26.3 Å². The summed E-state index contributed by atoms with van der Waals surface area (Å²) in [6.07, 6.45) is 8.61. The van der Waals surface area contributed by atoms with Crippen molar-refractivity contribution in [1.82, 2.24) is 14.5 Å². The van der Waals surface area contributed by atoms with Gasteiger partial charge < -0.3 is 18.9 Å². The number of nitrogens with zero attached hydrogens (tertiary/aromatic N) is 3. The van der Waals surface area contributed by atoms with Gasteiger partial charge in [0, 0.05) is 51.9 Å². The smallest absolute Gasteiger partial charge is 0.259 e.